The van der Waals surface area contributed by atoms with Gasteiger partial charge in [0.25, 0.3) is 21.6 Å². The van der Waals surface area contributed by atoms with Crippen LogP contribution < -0.4 is 9.62 Å². The van der Waals surface area contributed by atoms with Crippen LogP contribution in [0.3, 0.4) is 0 Å². The van der Waals surface area contributed by atoms with Crippen LogP contribution in [-0.4, -0.2) is 25.8 Å². The molecule has 0 unspecified atom stereocenters. The van der Waals surface area contributed by atoms with Gasteiger partial charge in [-0.1, -0.05) is 35.9 Å². The first-order chi connectivity index (χ1) is 15.3. The number of sulfonamides is 1. The maximum atomic E-state index is 13.3. The first-order valence-corrected chi connectivity index (χ1v) is 11.6. The molecule has 1 aliphatic heterocycles. The summed E-state index contributed by atoms with van der Waals surface area (Å²) in [4.78, 5) is 23.1. The number of nitro benzene ring substituents is 1. The van der Waals surface area contributed by atoms with Crippen molar-refractivity contribution >= 4 is 44.6 Å². The van der Waals surface area contributed by atoms with E-state index in [-0.39, 0.29) is 26.9 Å². The first-order valence-electron chi connectivity index (χ1n) is 9.73. The maximum Gasteiger partial charge on any atom is 0.289 e. The molecule has 10 heteroatoms. The maximum absolute atomic E-state index is 13.3. The van der Waals surface area contributed by atoms with Gasteiger partial charge in [0.1, 0.15) is 5.02 Å². The van der Waals surface area contributed by atoms with Crippen molar-refractivity contribution in [2.45, 2.75) is 17.7 Å². The van der Waals surface area contributed by atoms with Crippen LogP contribution in [0.25, 0.3) is 0 Å². The zero-order valence-electron chi connectivity index (χ0n) is 16.7. The lowest BCUT2D eigenvalue weighted by atomic mass is 10.0. The molecular formula is C22H18ClN3O5S. The number of nitro groups is 1. The van der Waals surface area contributed by atoms with E-state index in [1.807, 2.05) is 12.1 Å². The molecule has 1 amide bonds. The van der Waals surface area contributed by atoms with Crippen LogP contribution in [0, 0.1) is 10.1 Å². The molecule has 0 aliphatic carbocycles. The summed E-state index contributed by atoms with van der Waals surface area (Å²) in [5.41, 5.74) is 1.53. The van der Waals surface area contributed by atoms with Crippen molar-refractivity contribution in [3.63, 3.8) is 0 Å². The highest BCUT2D eigenvalue weighted by molar-refractivity contribution is 7.92. The number of amides is 1. The van der Waals surface area contributed by atoms with Crippen LogP contribution in [0.5, 0.6) is 0 Å². The van der Waals surface area contributed by atoms with Gasteiger partial charge in [0, 0.05) is 23.9 Å². The van der Waals surface area contributed by atoms with Crippen molar-refractivity contribution in [1.29, 1.82) is 0 Å². The number of para-hydroxylation sites is 1. The Morgan fingerprint density at radius 1 is 1.06 bits per heavy atom. The van der Waals surface area contributed by atoms with Crippen LogP contribution in [0.2, 0.25) is 5.02 Å². The third kappa shape index (κ3) is 4.17. The van der Waals surface area contributed by atoms with Crippen LogP contribution in [0.4, 0.5) is 17.1 Å². The third-order valence-electron chi connectivity index (χ3n) is 5.15. The number of benzene rings is 3. The van der Waals surface area contributed by atoms with Crippen molar-refractivity contribution in [3.05, 3.63) is 93.0 Å². The van der Waals surface area contributed by atoms with E-state index in [1.54, 1.807) is 12.1 Å². The topological polar surface area (TPSA) is 110 Å². The fourth-order valence-electron chi connectivity index (χ4n) is 3.61. The number of aryl methyl sites for hydroxylation is 1. The van der Waals surface area contributed by atoms with E-state index < -0.39 is 20.9 Å². The number of carbonyl (C=O) groups is 1. The number of halogens is 1. The minimum Gasteiger partial charge on any atom is -0.322 e. The van der Waals surface area contributed by atoms with Gasteiger partial charge in [-0.3, -0.25) is 19.2 Å². The number of hydrogen-bond acceptors (Lipinski definition) is 5. The number of rotatable bonds is 5. The van der Waals surface area contributed by atoms with Gasteiger partial charge < -0.3 is 5.32 Å². The Labute approximate surface area is 189 Å². The Balaban J connectivity index is 1.62. The fourth-order valence-corrected chi connectivity index (χ4v) is 5.38. The predicted octanol–water partition coefficient (Wildman–Crippen LogP) is 4.64. The van der Waals surface area contributed by atoms with E-state index in [4.69, 9.17) is 11.6 Å². The highest BCUT2D eigenvalue weighted by Gasteiger charge is 2.29. The second-order valence-electron chi connectivity index (χ2n) is 7.21. The number of anilines is 2. The van der Waals surface area contributed by atoms with Gasteiger partial charge in [0.05, 0.1) is 15.5 Å². The quantitative estimate of drug-likeness (QED) is 0.430. The summed E-state index contributed by atoms with van der Waals surface area (Å²) in [5.74, 6) is -0.599. The average molecular weight is 472 g/mol. The average Bonchev–Trinajstić information content (AvgIpc) is 2.79. The van der Waals surface area contributed by atoms with E-state index in [9.17, 15) is 23.3 Å². The second kappa shape index (κ2) is 8.60. The minimum atomic E-state index is -3.88. The predicted molar refractivity (Wildman–Crippen MR) is 122 cm³/mol. The molecule has 1 N–H and O–H groups in total. The molecule has 164 valence electrons. The van der Waals surface area contributed by atoms with E-state index in [0.29, 0.717) is 18.7 Å². The lowest BCUT2D eigenvalue weighted by molar-refractivity contribution is -0.384. The Hall–Kier alpha value is -3.43. The standard InChI is InChI=1S/C22H18ClN3O5S/c23-19-11-10-17(14-21(19)26(28)29)24-22(27)16-6-3-8-18(13-16)32(30,31)25-12-4-7-15-5-1-2-9-20(15)25/h1-3,5-6,8-11,13-14H,4,7,12H2,(H,24,27). The normalized spacial score (nSPS) is 13.3. The Morgan fingerprint density at radius 2 is 1.84 bits per heavy atom. The zero-order chi connectivity index (χ0) is 22.9. The molecule has 0 bridgehead atoms. The molecule has 0 fully saturated rings. The highest BCUT2D eigenvalue weighted by atomic mass is 35.5. The van der Waals surface area contributed by atoms with E-state index >= 15 is 0 Å². The lowest BCUT2D eigenvalue weighted by Gasteiger charge is -2.30. The lowest BCUT2D eigenvalue weighted by Crippen LogP contribution is -2.35. The highest BCUT2D eigenvalue weighted by Crippen LogP contribution is 2.32. The van der Waals surface area contributed by atoms with Crippen molar-refractivity contribution in [2.24, 2.45) is 0 Å². The van der Waals surface area contributed by atoms with Crippen LogP contribution >= 0.6 is 11.6 Å². The van der Waals surface area contributed by atoms with Crippen molar-refractivity contribution in [3.8, 4) is 0 Å². The molecule has 8 nitrogen and oxygen atoms in total. The molecular weight excluding hydrogens is 454 g/mol. The summed E-state index contributed by atoms with van der Waals surface area (Å²) < 4.78 is 28.1. The van der Waals surface area contributed by atoms with Gasteiger partial charge in [0.15, 0.2) is 0 Å². The Morgan fingerprint density at radius 3 is 2.62 bits per heavy atom. The summed E-state index contributed by atoms with van der Waals surface area (Å²) in [5, 5.41) is 13.6. The summed E-state index contributed by atoms with van der Waals surface area (Å²) in [6, 6.07) is 16.9. The monoisotopic (exact) mass is 471 g/mol. The number of fused-ring (bicyclic) bond motifs is 1. The molecule has 0 radical (unpaired) electrons. The van der Waals surface area contributed by atoms with Crippen molar-refractivity contribution in [2.75, 3.05) is 16.2 Å². The molecule has 0 aromatic heterocycles. The van der Waals surface area contributed by atoms with E-state index in [0.717, 1.165) is 18.1 Å². The zero-order valence-corrected chi connectivity index (χ0v) is 18.3. The van der Waals surface area contributed by atoms with E-state index in [2.05, 4.69) is 5.32 Å². The number of carbonyl (C=O) groups excluding carboxylic acids is 1. The van der Waals surface area contributed by atoms with Gasteiger partial charge in [-0.25, -0.2) is 8.42 Å². The molecule has 32 heavy (non-hydrogen) atoms. The molecule has 4 rings (SSSR count). The minimum absolute atomic E-state index is 0.0102. The molecule has 0 atom stereocenters. The number of nitrogens with one attached hydrogen (secondary N) is 1. The van der Waals surface area contributed by atoms with Crippen LogP contribution in [0.1, 0.15) is 22.3 Å². The number of nitrogens with zero attached hydrogens (tertiary/aromatic N) is 2. The van der Waals surface area contributed by atoms with Gasteiger partial charge >= 0.3 is 0 Å². The van der Waals surface area contributed by atoms with Crippen LogP contribution in [-0.2, 0) is 16.4 Å². The van der Waals surface area contributed by atoms with E-state index in [1.165, 1.54) is 40.7 Å². The molecule has 0 saturated carbocycles. The van der Waals surface area contributed by atoms with Gasteiger partial charge in [-0.05, 0) is 54.8 Å². The summed E-state index contributed by atoms with van der Waals surface area (Å²) >= 11 is 5.80. The SMILES string of the molecule is O=C(Nc1ccc(Cl)c([N+](=O)[O-])c1)c1cccc(S(=O)(=O)N2CCCc3ccccc32)c1. The summed E-state index contributed by atoms with van der Waals surface area (Å²) in [6.07, 6.45) is 1.50. The van der Waals surface area contributed by atoms with Crippen LogP contribution in [0.15, 0.2) is 71.6 Å². The van der Waals surface area contributed by atoms with Crippen molar-refractivity contribution < 1.29 is 18.1 Å². The Bertz CT molecular complexity index is 1330. The van der Waals surface area contributed by atoms with Crippen molar-refractivity contribution in [1.82, 2.24) is 0 Å². The summed E-state index contributed by atoms with van der Waals surface area (Å²) in [7, 11) is -3.88. The fraction of sp³-hybridized carbons (Fsp3) is 0.136. The second-order valence-corrected chi connectivity index (χ2v) is 9.48. The smallest absolute Gasteiger partial charge is 0.289 e. The molecule has 3 aromatic rings. The van der Waals surface area contributed by atoms with Gasteiger partial charge in [0.2, 0.25) is 0 Å². The molecule has 1 heterocycles. The largest absolute Gasteiger partial charge is 0.322 e. The third-order valence-corrected chi connectivity index (χ3v) is 7.28. The van der Waals surface area contributed by atoms with Gasteiger partial charge in [-0.2, -0.15) is 0 Å². The van der Waals surface area contributed by atoms with Gasteiger partial charge in [-0.15, -0.1) is 0 Å². The summed E-state index contributed by atoms with van der Waals surface area (Å²) in [6.45, 7) is 0.351. The Kier molecular flexibility index (Phi) is 5.86. The first kappa shape index (κ1) is 21.8. The molecule has 0 spiro atoms. The molecule has 3 aromatic carbocycles. The number of hydrogen-bond donors (Lipinski definition) is 1. The molecule has 0 saturated heterocycles. The molecule has 1 aliphatic rings.